The molecule has 0 aromatic carbocycles. The Morgan fingerprint density at radius 1 is 1.47 bits per heavy atom. The largest absolute Gasteiger partial charge is 0.264 e. The molecular formula is C10H9N3O2. The molecule has 5 nitrogen and oxygen atoms in total. The first kappa shape index (κ1) is 8.40. The maximum Gasteiger partial charge on any atom is 0.221 e. The molecular weight excluding hydrogens is 194 g/mol. The highest BCUT2D eigenvalue weighted by Gasteiger charge is 2.29. The van der Waals surface area contributed by atoms with E-state index < -0.39 is 6.04 Å². The van der Waals surface area contributed by atoms with Crippen molar-refractivity contribution in [2.24, 2.45) is 0 Å². The van der Waals surface area contributed by atoms with Gasteiger partial charge in [0, 0.05) is 29.5 Å². The molecule has 2 heterocycles. The molecule has 0 N–H and O–H groups in total. The van der Waals surface area contributed by atoms with Crippen LogP contribution in [0.25, 0.3) is 5.52 Å². The Hall–Kier alpha value is -1.91. The lowest BCUT2D eigenvalue weighted by Gasteiger charge is -2.15. The van der Waals surface area contributed by atoms with E-state index >= 15 is 0 Å². The molecule has 0 spiro atoms. The van der Waals surface area contributed by atoms with E-state index in [-0.39, 0.29) is 4.92 Å². The summed E-state index contributed by atoms with van der Waals surface area (Å²) in [5.41, 5.74) is 3.06. The van der Waals surface area contributed by atoms with Crippen LogP contribution in [0.1, 0.15) is 11.1 Å². The van der Waals surface area contributed by atoms with Gasteiger partial charge in [-0.25, -0.2) is 4.52 Å². The molecule has 0 bridgehead atoms. The zero-order valence-electron chi connectivity index (χ0n) is 7.96. The molecule has 5 heteroatoms. The molecule has 0 saturated carbocycles. The van der Waals surface area contributed by atoms with Crippen molar-refractivity contribution in [3.8, 4) is 0 Å². The first-order chi connectivity index (χ1) is 7.25. The van der Waals surface area contributed by atoms with Gasteiger partial charge in [-0.3, -0.25) is 10.1 Å². The number of pyridine rings is 1. The van der Waals surface area contributed by atoms with Gasteiger partial charge in [-0.15, -0.1) is 0 Å². The summed E-state index contributed by atoms with van der Waals surface area (Å²) >= 11 is 0. The number of hydrogen-bond donors (Lipinski definition) is 0. The highest BCUT2D eigenvalue weighted by molar-refractivity contribution is 5.62. The van der Waals surface area contributed by atoms with Crippen LogP contribution in [-0.2, 0) is 12.8 Å². The van der Waals surface area contributed by atoms with Crippen LogP contribution in [0.3, 0.4) is 0 Å². The molecule has 0 saturated heterocycles. The minimum atomic E-state index is -0.493. The third-order valence-electron chi connectivity index (χ3n) is 2.91. The number of rotatable bonds is 1. The summed E-state index contributed by atoms with van der Waals surface area (Å²) in [6.07, 6.45) is 4.60. The van der Waals surface area contributed by atoms with E-state index in [0.29, 0.717) is 12.8 Å². The lowest BCUT2D eigenvalue weighted by atomic mass is 9.93. The van der Waals surface area contributed by atoms with E-state index in [0.717, 1.165) is 16.6 Å². The topological polar surface area (TPSA) is 60.4 Å². The molecule has 1 atom stereocenters. The second-order valence-electron chi connectivity index (χ2n) is 3.84. The molecule has 1 aliphatic carbocycles. The van der Waals surface area contributed by atoms with E-state index in [2.05, 4.69) is 5.10 Å². The van der Waals surface area contributed by atoms with Gasteiger partial charge in [0.15, 0.2) is 0 Å². The van der Waals surface area contributed by atoms with Gasteiger partial charge < -0.3 is 0 Å². The van der Waals surface area contributed by atoms with Crippen molar-refractivity contribution >= 4 is 5.52 Å². The van der Waals surface area contributed by atoms with Crippen LogP contribution < -0.4 is 0 Å². The molecule has 1 unspecified atom stereocenters. The third kappa shape index (κ3) is 1.12. The quantitative estimate of drug-likeness (QED) is 0.514. The summed E-state index contributed by atoms with van der Waals surface area (Å²) in [5, 5.41) is 15.0. The number of nitro groups is 1. The third-order valence-corrected chi connectivity index (χ3v) is 2.91. The molecule has 0 fully saturated rings. The summed E-state index contributed by atoms with van der Waals surface area (Å²) in [6, 6.07) is 3.32. The lowest BCUT2D eigenvalue weighted by Crippen LogP contribution is -2.27. The van der Waals surface area contributed by atoms with E-state index in [1.54, 1.807) is 10.7 Å². The Kier molecular flexibility index (Phi) is 1.56. The van der Waals surface area contributed by atoms with Crippen molar-refractivity contribution in [1.82, 2.24) is 9.61 Å². The molecule has 0 aliphatic heterocycles. The Balaban J connectivity index is 2.20. The van der Waals surface area contributed by atoms with E-state index in [1.807, 2.05) is 18.3 Å². The number of nitrogens with zero attached hydrogens (tertiary/aromatic N) is 3. The fourth-order valence-electron chi connectivity index (χ4n) is 2.23. The van der Waals surface area contributed by atoms with Crippen LogP contribution in [0.4, 0.5) is 0 Å². The van der Waals surface area contributed by atoms with Crippen LogP contribution in [0.15, 0.2) is 24.5 Å². The Morgan fingerprint density at radius 2 is 2.27 bits per heavy atom. The van der Waals surface area contributed by atoms with Gasteiger partial charge in [0.25, 0.3) is 0 Å². The minimum Gasteiger partial charge on any atom is -0.264 e. The van der Waals surface area contributed by atoms with Crippen LogP contribution in [0.2, 0.25) is 0 Å². The van der Waals surface area contributed by atoms with Gasteiger partial charge in [0.1, 0.15) is 0 Å². The summed E-state index contributed by atoms with van der Waals surface area (Å²) in [5.74, 6) is 0. The molecule has 1 aliphatic rings. The van der Waals surface area contributed by atoms with Crippen molar-refractivity contribution in [2.45, 2.75) is 18.9 Å². The van der Waals surface area contributed by atoms with E-state index in [4.69, 9.17) is 0 Å². The second-order valence-corrected chi connectivity index (χ2v) is 3.84. The van der Waals surface area contributed by atoms with Crippen molar-refractivity contribution < 1.29 is 4.92 Å². The maximum atomic E-state index is 10.8. The summed E-state index contributed by atoms with van der Waals surface area (Å²) in [4.78, 5) is 10.6. The SMILES string of the molecule is O=[N+]([O-])C1Cc2cccn3ncc(c23)C1. The van der Waals surface area contributed by atoms with Crippen LogP contribution in [-0.4, -0.2) is 20.6 Å². The van der Waals surface area contributed by atoms with E-state index in [9.17, 15) is 10.1 Å². The molecule has 76 valence electrons. The normalized spacial score (nSPS) is 19.3. The summed E-state index contributed by atoms with van der Waals surface area (Å²) in [7, 11) is 0. The van der Waals surface area contributed by atoms with Crippen molar-refractivity contribution in [3.05, 3.63) is 45.8 Å². The Labute approximate surface area is 85.5 Å². The Morgan fingerprint density at radius 3 is 3.07 bits per heavy atom. The van der Waals surface area contributed by atoms with Crippen molar-refractivity contribution in [1.29, 1.82) is 0 Å². The average molecular weight is 203 g/mol. The number of aromatic nitrogens is 2. The number of hydrogen-bond acceptors (Lipinski definition) is 3. The minimum absolute atomic E-state index is 0.195. The van der Waals surface area contributed by atoms with Gasteiger partial charge >= 0.3 is 0 Å². The Bertz CT molecular complexity index is 547. The highest BCUT2D eigenvalue weighted by atomic mass is 16.6. The molecule has 2 aromatic rings. The average Bonchev–Trinajstić information content (AvgIpc) is 2.64. The van der Waals surface area contributed by atoms with Gasteiger partial charge in [0.05, 0.1) is 11.7 Å². The maximum absolute atomic E-state index is 10.8. The molecule has 15 heavy (non-hydrogen) atoms. The van der Waals surface area contributed by atoms with E-state index in [1.165, 1.54) is 0 Å². The fourth-order valence-corrected chi connectivity index (χ4v) is 2.23. The zero-order valence-corrected chi connectivity index (χ0v) is 7.96. The first-order valence-corrected chi connectivity index (χ1v) is 4.83. The van der Waals surface area contributed by atoms with Crippen LogP contribution in [0.5, 0.6) is 0 Å². The van der Waals surface area contributed by atoms with Crippen LogP contribution in [0, 0.1) is 10.1 Å². The van der Waals surface area contributed by atoms with Crippen LogP contribution >= 0.6 is 0 Å². The molecule has 3 rings (SSSR count). The predicted molar refractivity (Wildman–Crippen MR) is 53.4 cm³/mol. The fraction of sp³-hybridized carbons (Fsp3) is 0.300. The monoisotopic (exact) mass is 203 g/mol. The smallest absolute Gasteiger partial charge is 0.221 e. The molecule has 0 radical (unpaired) electrons. The summed E-state index contributed by atoms with van der Waals surface area (Å²) in [6.45, 7) is 0. The standard InChI is InChI=1S/C10H9N3O2/c14-13(15)9-4-7-2-1-3-12-10(7)8(5-9)6-11-12/h1-3,6,9H,4-5H2. The zero-order chi connectivity index (χ0) is 10.4. The summed E-state index contributed by atoms with van der Waals surface area (Å²) < 4.78 is 1.79. The van der Waals surface area contributed by atoms with Crippen molar-refractivity contribution in [2.75, 3.05) is 0 Å². The van der Waals surface area contributed by atoms with Gasteiger partial charge in [-0.2, -0.15) is 5.10 Å². The van der Waals surface area contributed by atoms with Gasteiger partial charge in [0.2, 0.25) is 6.04 Å². The van der Waals surface area contributed by atoms with Crippen molar-refractivity contribution in [3.63, 3.8) is 0 Å². The molecule has 0 amide bonds. The van der Waals surface area contributed by atoms with Gasteiger partial charge in [-0.1, -0.05) is 6.07 Å². The second kappa shape index (κ2) is 2.79. The first-order valence-electron chi connectivity index (χ1n) is 4.83. The lowest BCUT2D eigenvalue weighted by molar-refractivity contribution is -0.521. The molecule has 2 aromatic heterocycles. The predicted octanol–water partition coefficient (Wildman–Crippen LogP) is 1.08. The van der Waals surface area contributed by atoms with Gasteiger partial charge in [-0.05, 0) is 11.6 Å². The highest BCUT2D eigenvalue weighted by Crippen LogP contribution is 2.25.